The summed E-state index contributed by atoms with van der Waals surface area (Å²) < 4.78 is 0. The Balaban J connectivity index is 2.64. The van der Waals surface area contributed by atoms with Crippen molar-refractivity contribution in [3.8, 4) is 0 Å². The molecule has 0 saturated heterocycles. The Hall–Kier alpha value is 0. The fourth-order valence-corrected chi connectivity index (χ4v) is 3.56. The third kappa shape index (κ3) is 2.98. The molecular formula is C15H30. The maximum Gasteiger partial charge on any atom is -0.0357 e. The van der Waals surface area contributed by atoms with Crippen LogP contribution in [0.3, 0.4) is 0 Å². The summed E-state index contributed by atoms with van der Waals surface area (Å²) in [4.78, 5) is 0. The molecule has 0 bridgehead atoms. The minimum absolute atomic E-state index is 0.850. The molecule has 0 aliphatic heterocycles. The molecule has 0 aromatic rings. The van der Waals surface area contributed by atoms with E-state index in [2.05, 4.69) is 41.5 Å². The smallest absolute Gasteiger partial charge is 0.0357 e. The van der Waals surface area contributed by atoms with Crippen molar-refractivity contribution in [3.05, 3.63) is 0 Å². The van der Waals surface area contributed by atoms with Crippen LogP contribution in [-0.4, -0.2) is 0 Å². The second-order valence-electron chi connectivity index (χ2n) is 6.36. The molecule has 1 rings (SSSR count). The van der Waals surface area contributed by atoms with Gasteiger partial charge in [0.05, 0.1) is 0 Å². The lowest BCUT2D eigenvalue weighted by atomic mass is 9.63. The quantitative estimate of drug-likeness (QED) is 0.616. The Bertz CT molecular complexity index is 182. The van der Waals surface area contributed by atoms with Gasteiger partial charge < -0.3 is 0 Å². The molecule has 0 amide bonds. The van der Waals surface area contributed by atoms with E-state index >= 15 is 0 Å². The van der Waals surface area contributed by atoms with Crippen molar-refractivity contribution in [1.82, 2.24) is 0 Å². The minimum atomic E-state index is 0.850. The number of hydrogen-bond donors (Lipinski definition) is 0. The summed E-state index contributed by atoms with van der Waals surface area (Å²) in [5.74, 6) is 5.63. The van der Waals surface area contributed by atoms with Gasteiger partial charge in [0.1, 0.15) is 0 Å². The van der Waals surface area contributed by atoms with Gasteiger partial charge in [-0.1, -0.05) is 48.0 Å². The fourth-order valence-electron chi connectivity index (χ4n) is 3.56. The van der Waals surface area contributed by atoms with E-state index in [4.69, 9.17) is 0 Å². The minimum Gasteiger partial charge on any atom is -0.0651 e. The first kappa shape index (κ1) is 13.1. The third-order valence-corrected chi connectivity index (χ3v) is 5.11. The zero-order valence-corrected chi connectivity index (χ0v) is 11.6. The molecule has 0 nitrogen and oxygen atoms in total. The number of hydrogen-bond acceptors (Lipinski definition) is 0. The highest BCUT2D eigenvalue weighted by molar-refractivity contribution is 4.84. The van der Waals surface area contributed by atoms with Gasteiger partial charge in [0.25, 0.3) is 0 Å². The summed E-state index contributed by atoms with van der Waals surface area (Å²) in [5, 5.41) is 0. The van der Waals surface area contributed by atoms with Gasteiger partial charge in [0, 0.05) is 0 Å². The van der Waals surface area contributed by atoms with Gasteiger partial charge in [-0.3, -0.25) is 0 Å². The maximum atomic E-state index is 2.48. The summed E-state index contributed by atoms with van der Waals surface area (Å²) in [5.41, 5.74) is 0. The van der Waals surface area contributed by atoms with Gasteiger partial charge in [-0.2, -0.15) is 0 Å². The average Bonchev–Trinajstić information content (AvgIpc) is 2.17. The van der Waals surface area contributed by atoms with Gasteiger partial charge in [0.2, 0.25) is 0 Å². The zero-order chi connectivity index (χ0) is 11.6. The molecule has 5 atom stereocenters. The Kier molecular flexibility index (Phi) is 4.67. The van der Waals surface area contributed by atoms with E-state index < -0.39 is 0 Å². The van der Waals surface area contributed by atoms with Crippen LogP contribution in [-0.2, 0) is 0 Å². The molecule has 90 valence electrons. The number of rotatable bonds is 3. The van der Waals surface area contributed by atoms with Crippen LogP contribution in [0.5, 0.6) is 0 Å². The summed E-state index contributed by atoms with van der Waals surface area (Å²) in [7, 11) is 0. The summed E-state index contributed by atoms with van der Waals surface area (Å²) in [6, 6.07) is 0. The fraction of sp³-hybridized carbons (Fsp3) is 1.00. The highest BCUT2D eigenvalue weighted by Crippen LogP contribution is 2.44. The molecule has 1 saturated carbocycles. The van der Waals surface area contributed by atoms with Crippen LogP contribution >= 0.6 is 0 Å². The molecule has 1 aliphatic carbocycles. The molecule has 0 heteroatoms. The molecule has 1 fully saturated rings. The second-order valence-corrected chi connectivity index (χ2v) is 6.36. The molecule has 0 heterocycles. The van der Waals surface area contributed by atoms with Crippen LogP contribution in [0.1, 0.15) is 60.8 Å². The van der Waals surface area contributed by atoms with E-state index in [0.29, 0.717) is 0 Å². The monoisotopic (exact) mass is 210 g/mol. The Labute approximate surface area is 96.8 Å². The highest BCUT2D eigenvalue weighted by Gasteiger charge is 2.35. The second kappa shape index (κ2) is 5.37. The molecule has 0 aromatic heterocycles. The van der Waals surface area contributed by atoms with E-state index in [1.165, 1.54) is 19.3 Å². The average molecular weight is 210 g/mol. The first-order chi connectivity index (χ1) is 6.97. The maximum absolute atomic E-state index is 2.48. The summed E-state index contributed by atoms with van der Waals surface area (Å²) in [6.45, 7) is 14.5. The molecule has 15 heavy (non-hydrogen) atoms. The summed E-state index contributed by atoms with van der Waals surface area (Å²) >= 11 is 0. The molecule has 5 unspecified atom stereocenters. The van der Waals surface area contributed by atoms with Gasteiger partial charge in [-0.15, -0.1) is 0 Å². The van der Waals surface area contributed by atoms with E-state index in [9.17, 15) is 0 Å². The largest absolute Gasteiger partial charge is 0.0651 e. The molecule has 0 N–H and O–H groups in total. The van der Waals surface area contributed by atoms with Crippen molar-refractivity contribution in [3.63, 3.8) is 0 Å². The summed E-state index contributed by atoms with van der Waals surface area (Å²) in [6.07, 6.45) is 4.33. The van der Waals surface area contributed by atoms with Gasteiger partial charge in [-0.05, 0) is 48.3 Å². The zero-order valence-electron chi connectivity index (χ0n) is 11.6. The lowest BCUT2D eigenvalue weighted by Gasteiger charge is -2.42. The van der Waals surface area contributed by atoms with Crippen molar-refractivity contribution in [1.29, 1.82) is 0 Å². The lowest BCUT2D eigenvalue weighted by molar-refractivity contribution is 0.0743. The highest BCUT2D eigenvalue weighted by atomic mass is 14.4. The van der Waals surface area contributed by atoms with Crippen molar-refractivity contribution >= 4 is 0 Å². The molecule has 0 aromatic carbocycles. The molecule has 0 radical (unpaired) electrons. The predicted molar refractivity (Wildman–Crippen MR) is 68.8 cm³/mol. The first-order valence-electron chi connectivity index (χ1n) is 6.97. The van der Waals surface area contributed by atoms with E-state index in [1.54, 1.807) is 0 Å². The lowest BCUT2D eigenvalue weighted by Crippen LogP contribution is -2.34. The van der Waals surface area contributed by atoms with Gasteiger partial charge in [0.15, 0.2) is 0 Å². The van der Waals surface area contributed by atoms with Crippen LogP contribution in [0.25, 0.3) is 0 Å². The van der Waals surface area contributed by atoms with Crippen molar-refractivity contribution in [2.75, 3.05) is 0 Å². The van der Waals surface area contributed by atoms with Crippen LogP contribution in [0.15, 0.2) is 0 Å². The van der Waals surface area contributed by atoms with Crippen molar-refractivity contribution in [2.24, 2.45) is 35.5 Å². The van der Waals surface area contributed by atoms with Gasteiger partial charge in [-0.25, -0.2) is 0 Å². The standard InChI is InChI=1S/C15H30/c1-7-14-9-15(13(6)10(2)3)12(5)8-11(14)4/h10-15H,7-9H2,1-6H3. The topological polar surface area (TPSA) is 0 Å². The van der Waals surface area contributed by atoms with E-state index in [-0.39, 0.29) is 0 Å². The third-order valence-electron chi connectivity index (χ3n) is 5.11. The van der Waals surface area contributed by atoms with Crippen LogP contribution in [0, 0.1) is 35.5 Å². The Morgan fingerprint density at radius 3 is 2.07 bits per heavy atom. The van der Waals surface area contributed by atoms with Crippen LogP contribution in [0.2, 0.25) is 0 Å². The molecular weight excluding hydrogens is 180 g/mol. The Morgan fingerprint density at radius 1 is 1.00 bits per heavy atom. The van der Waals surface area contributed by atoms with Crippen LogP contribution < -0.4 is 0 Å². The van der Waals surface area contributed by atoms with Crippen LogP contribution in [0.4, 0.5) is 0 Å². The predicted octanol–water partition coefficient (Wildman–Crippen LogP) is 4.99. The Morgan fingerprint density at radius 2 is 1.60 bits per heavy atom. The van der Waals surface area contributed by atoms with Crippen molar-refractivity contribution < 1.29 is 0 Å². The van der Waals surface area contributed by atoms with E-state index in [0.717, 1.165) is 35.5 Å². The van der Waals surface area contributed by atoms with Gasteiger partial charge >= 0.3 is 0 Å². The van der Waals surface area contributed by atoms with E-state index in [1.807, 2.05) is 0 Å². The first-order valence-corrected chi connectivity index (χ1v) is 6.97. The normalized spacial score (nSPS) is 39.4. The van der Waals surface area contributed by atoms with Crippen molar-refractivity contribution in [2.45, 2.75) is 60.8 Å². The molecule has 1 aliphatic rings. The SMILES string of the molecule is CCC1CC(C(C)C(C)C)C(C)CC1C. The molecule has 0 spiro atoms.